The number of amides is 1. The lowest BCUT2D eigenvalue weighted by Gasteiger charge is -2.46. The lowest BCUT2D eigenvalue weighted by atomic mass is 9.97. The number of aliphatic hydroxyl groups excluding tert-OH is 8. The fraction of sp³-hybridized carbons (Fsp3) is 0.956. The van der Waals surface area contributed by atoms with Gasteiger partial charge in [-0.15, -0.1) is 0 Å². The number of allylic oxidation sites excluding steroid dienone is 2. The van der Waals surface area contributed by atoms with Crippen LogP contribution in [0.5, 0.6) is 0 Å². The molecule has 0 spiro atoms. The average Bonchev–Trinajstić information content (AvgIpc) is 3.65. The van der Waals surface area contributed by atoms with Crippen LogP contribution in [0.1, 0.15) is 322 Å². The summed E-state index contributed by atoms with van der Waals surface area (Å²) >= 11 is 0. The highest BCUT2D eigenvalue weighted by molar-refractivity contribution is 5.76. The highest BCUT2D eigenvalue weighted by Gasteiger charge is 2.51. The fourth-order valence-electron chi connectivity index (χ4n) is 11.9. The van der Waals surface area contributed by atoms with Crippen LogP contribution in [0, 0.1) is 0 Å². The summed E-state index contributed by atoms with van der Waals surface area (Å²) < 4.78 is 22.8. The van der Waals surface area contributed by atoms with E-state index in [2.05, 4.69) is 31.3 Å². The summed E-state index contributed by atoms with van der Waals surface area (Å²) in [5.41, 5.74) is 0. The molecule has 0 aromatic carbocycles. The SMILES string of the molecule is CCCCCCCCCC/C=C\CCCCCCCCCCCCCCCCCCCCCCCCCCCCCCCC(=O)NC(COC1OC(CO)C(OC2OC(CO)C(O)C(O)C2O)C(O)C1O)C(O)CCCCCCCCC. The van der Waals surface area contributed by atoms with Crippen LogP contribution in [0.3, 0.4) is 0 Å². The number of carbonyl (C=O) groups is 1. The van der Waals surface area contributed by atoms with Gasteiger partial charge >= 0.3 is 0 Å². The maximum atomic E-state index is 13.2. The highest BCUT2D eigenvalue weighted by Crippen LogP contribution is 2.30. The number of carbonyl (C=O) groups excluding carboxylic acids is 1. The number of nitrogens with one attached hydrogen (secondary N) is 1. The predicted molar refractivity (Wildman–Crippen MR) is 332 cm³/mol. The van der Waals surface area contributed by atoms with E-state index in [1.54, 1.807) is 0 Å². The molecule has 9 N–H and O–H groups in total. The molecule has 0 aromatic heterocycles. The first-order valence-corrected chi connectivity index (χ1v) is 34.9. The van der Waals surface area contributed by atoms with Gasteiger partial charge in [-0.3, -0.25) is 4.79 Å². The van der Waals surface area contributed by atoms with Gasteiger partial charge < -0.3 is 65.1 Å². The van der Waals surface area contributed by atoms with Gasteiger partial charge in [0.1, 0.15) is 48.8 Å². The Labute approximate surface area is 501 Å². The van der Waals surface area contributed by atoms with Crippen LogP contribution in [-0.4, -0.2) is 140 Å². The molecule has 2 aliphatic rings. The fourth-order valence-corrected chi connectivity index (χ4v) is 11.9. The minimum absolute atomic E-state index is 0.204. The molecule has 14 nitrogen and oxygen atoms in total. The molecule has 2 fully saturated rings. The van der Waals surface area contributed by atoms with E-state index in [1.165, 1.54) is 244 Å². The molecule has 14 heteroatoms. The Morgan fingerprint density at radius 3 is 1.16 bits per heavy atom. The van der Waals surface area contributed by atoms with Gasteiger partial charge in [0.25, 0.3) is 0 Å². The van der Waals surface area contributed by atoms with E-state index in [0.717, 1.165) is 51.4 Å². The highest BCUT2D eigenvalue weighted by atomic mass is 16.7. The monoisotopic (exact) mass is 1170 g/mol. The van der Waals surface area contributed by atoms with Crippen molar-refractivity contribution in [3.8, 4) is 0 Å². The van der Waals surface area contributed by atoms with Crippen molar-refractivity contribution in [3.63, 3.8) is 0 Å². The Morgan fingerprint density at radius 1 is 0.427 bits per heavy atom. The van der Waals surface area contributed by atoms with Gasteiger partial charge in [0, 0.05) is 6.42 Å². The Hall–Kier alpha value is -1.27. The standard InChI is InChI=1S/C68H131NO13/c1-3-5-7-9-11-12-13-14-15-16-17-18-19-20-21-22-23-24-25-26-27-28-29-30-31-32-33-34-35-36-37-38-39-40-41-42-43-44-46-48-50-52-60(73)69-56(57(72)51-49-47-45-10-8-6-4-2)55-79-67-65(78)63(76)66(59(54-71)81-67)82-68-64(77)62(75)61(74)58(53-70)80-68/h16-17,56-59,61-68,70-72,74-78H,3-15,18-55H2,1-2H3,(H,69,73)/b17-16-. The molecule has 2 heterocycles. The molecule has 82 heavy (non-hydrogen) atoms. The zero-order chi connectivity index (χ0) is 59.5. The minimum Gasteiger partial charge on any atom is -0.394 e. The van der Waals surface area contributed by atoms with Gasteiger partial charge in [0.15, 0.2) is 12.6 Å². The quantitative estimate of drug-likeness (QED) is 0.0204. The van der Waals surface area contributed by atoms with Gasteiger partial charge in [0.05, 0.1) is 32.0 Å². The normalized spacial score (nSPS) is 23.9. The van der Waals surface area contributed by atoms with E-state index in [0.29, 0.717) is 12.8 Å². The summed E-state index contributed by atoms with van der Waals surface area (Å²) in [6.45, 7) is 2.83. The van der Waals surface area contributed by atoms with Crippen molar-refractivity contribution < 1.29 is 64.6 Å². The molecule has 0 radical (unpaired) electrons. The third-order valence-electron chi connectivity index (χ3n) is 17.5. The third-order valence-corrected chi connectivity index (χ3v) is 17.5. The number of unbranched alkanes of at least 4 members (excludes halogenated alkanes) is 43. The zero-order valence-electron chi connectivity index (χ0n) is 52.8. The van der Waals surface area contributed by atoms with Crippen LogP contribution in [0.15, 0.2) is 12.2 Å². The number of aliphatic hydroxyl groups is 8. The van der Waals surface area contributed by atoms with Crippen molar-refractivity contribution in [1.82, 2.24) is 5.32 Å². The first-order chi connectivity index (χ1) is 40.1. The number of rotatable bonds is 58. The summed E-state index contributed by atoms with van der Waals surface area (Å²) in [5, 5.41) is 86.9. The Balaban J connectivity index is 1.45. The molecule has 12 unspecified atom stereocenters. The minimum atomic E-state index is -1.78. The summed E-state index contributed by atoms with van der Waals surface area (Å²) in [6.07, 6.45) is 49.0. The molecular weight excluding hydrogens is 1040 g/mol. The summed E-state index contributed by atoms with van der Waals surface area (Å²) in [7, 11) is 0. The van der Waals surface area contributed by atoms with Crippen LogP contribution in [0.4, 0.5) is 0 Å². The van der Waals surface area contributed by atoms with Crippen molar-refractivity contribution in [1.29, 1.82) is 0 Å². The van der Waals surface area contributed by atoms with Crippen LogP contribution >= 0.6 is 0 Å². The second-order valence-corrected chi connectivity index (χ2v) is 25.0. The van der Waals surface area contributed by atoms with Crippen molar-refractivity contribution in [2.45, 2.75) is 396 Å². The second kappa shape index (κ2) is 53.9. The molecule has 2 saturated heterocycles. The largest absolute Gasteiger partial charge is 0.394 e. The van der Waals surface area contributed by atoms with Crippen LogP contribution < -0.4 is 5.32 Å². The Bertz CT molecular complexity index is 1420. The first kappa shape index (κ1) is 76.8. The topological polar surface area (TPSA) is 228 Å². The first-order valence-electron chi connectivity index (χ1n) is 34.9. The summed E-state index contributed by atoms with van der Waals surface area (Å²) in [6, 6.07) is -0.821. The van der Waals surface area contributed by atoms with Gasteiger partial charge in [-0.05, 0) is 38.5 Å². The lowest BCUT2D eigenvalue weighted by molar-refractivity contribution is -0.359. The molecule has 0 aliphatic carbocycles. The third kappa shape index (κ3) is 38.1. The van der Waals surface area contributed by atoms with E-state index in [4.69, 9.17) is 18.9 Å². The number of hydrogen-bond donors (Lipinski definition) is 9. The molecule has 0 aromatic rings. The van der Waals surface area contributed by atoms with Gasteiger partial charge in [0.2, 0.25) is 5.91 Å². The second-order valence-electron chi connectivity index (χ2n) is 25.0. The smallest absolute Gasteiger partial charge is 0.220 e. The summed E-state index contributed by atoms with van der Waals surface area (Å²) in [4.78, 5) is 13.2. The number of hydrogen-bond acceptors (Lipinski definition) is 13. The predicted octanol–water partition coefficient (Wildman–Crippen LogP) is 13.8. The Morgan fingerprint density at radius 2 is 0.768 bits per heavy atom. The summed E-state index contributed by atoms with van der Waals surface area (Å²) in [5.74, 6) is -0.204. The molecule has 2 aliphatic heterocycles. The molecule has 1 amide bonds. The van der Waals surface area contributed by atoms with Gasteiger partial charge in [-0.25, -0.2) is 0 Å². The zero-order valence-corrected chi connectivity index (χ0v) is 52.8. The van der Waals surface area contributed by atoms with Crippen LogP contribution in [-0.2, 0) is 23.7 Å². The van der Waals surface area contributed by atoms with E-state index in [1.807, 2.05) is 0 Å². The van der Waals surface area contributed by atoms with Crippen LogP contribution in [0.2, 0.25) is 0 Å². The van der Waals surface area contributed by atoms with E-state index in [9.17, 15) is 45.6 Å². The maximum Gasteiger partial charge on any atom is 0.220 e. The van der Waals surface area contributed by atoms with Crippen molar-refractivity contribution in [2.75, 3.05) is 19.8 Å². The Kier molecular flexibility index (Phi) is 50.5. The van der Waals surface area contributed by atoms with E-state index in [-0.39, 0.29) is 12.5 Å². The van der Waals surface area contributed by atoms with Gasteiger partial charge in [-0.1, -0.05) is 289 Å². The van der Waals surface area contributed by atoms with Gasteiger partial charge in [-0.2, -0.15) is 0 Å². The lowest BCUT2D eigenvalue weighted by Crippen LogP contribution is -2.65. The van der Waals surface area contributed by atoms with Crippen molar-refractivity contribution >= 4 is 5.91 Å². The maximum absolute atomic E-state index is 13.2. The average molecular weight is 1170 g/mol. The molecule has 486 valence electrons. The molecular formula is C68H131NO13. The number of ether oxygens (including phenoxy) is 4. The van der Waals surface area contributed by atoms with Crippen LogP contribution in [0.25, 0.3) is 0 Å². The van der Waals surface area contributed by atoms with Crippen molar-refractivity contribution in [2.24, 2.45) is 0 Å². The van der Waals surface area contributed by atoms with Crippen molar-refractivity contribution in [3.05, 3.63) is 12.2 Å². The molecule has 2 rings (SSSR count). The molecule has 0 saturated carbocycles. The van der Waals surface area contributed by atoms with E-state index < -0.39 is 86.8 Å². The molecule has 0 bridgehead atoms. The molecule has 12 atom stereocenters. The van der Waals surface area contributed by atoms with E-state index >= 15 is 0 Å².